The van der Waals surface area contributed by atoms with Crippen LogP contribution in [0.1, 0.15) is 24.0 Å². The van der Waals surface area contributed by atoms with Gasteiger partial charge < -0.3 is 10.5 Å². The number of hydrogen-bond donors (Lipinski definition) is 1. The Morgan fingerprint density at radius 3 is 3.27 bits per heavy atom. The van der Waals surface area contributed by atoms with Gasteiger partial charge in [0.1, 0.15) is 0 Å². The Hall–Kier alpha value is -0.450. The minimum Gasteiger partial charge on any atom is -0.381 e. The predicted molar refractivity (Wildman–Crippen MR) is 62.1 cm³/mol. The molecule has 2 heterocycles. The van der Waals surface area contributed by atoms with E-state index in [-0.39, 0.29) is 6.04 Å². The molecule has 2 unspecified atom stereocenters. The fourth-order valence-electron chi connectivity index (χ4n) is 1.86. The first-order valence-electron chi connectivity index (χ1n) is 5.50. The number of thiazole rings is 1. The first-order chi connectivity index (χ1) is 7.24. The third kappa shape index (κ3) is 3.26. The lowest BCUT2D eigenvalue weighted by atomic mass is 10.1. The Morgan fingerprint density at radius 1 is 1.73 bits per heavy atom. The first-order valence-corrected chi connectivity index (χ1v) is 6.38. The zero-order valence-corrected chi connectivity index (χ0v) is 9.93. The molecule has 0 bridgehead atoms. The van der Waals surface area contributed by atoms with E-state index in [0.29, 0.717) is 5.92 Å². The highest BCUT2D eigenvalue weighted by Gasteiger charge is 2.17. The zero-order valence-electron chi connectivity index (χ0n) is 9.11. The van der Waals surface area contributed by atoms with Crippen LogP contribution in [-0.4, -0.2) is 24.2 Å². The van der Waals surface area contributed by atoms with Crippen molar-refractivity contribution in [2.45, 2.75) is 32.2 Å². The molecule has 0 aromatic carbocycles. The maximum atomic E-state index is 5.74. The lowest BCUT2D eigenvalue weighted by molar-refractivity contribution is 0.186. The van der Waals surface area contributed by atoms with Gasteiger partial charge in [0.05, 0.1) is 10.7 Å². The van der Waals surface area contributed by atoms with Gasteiger partial charge >= 0.3 is 0 Å². The molecule has 1 aliphatic heterocycles. The van der Waals surface area contributed by atoms with Crippen LogP contribution >= 0.6 is 11.3 Å². The van der Waals surface area contributed by atoms with E-state index in [9.17, 15) is 0 Å². The highest BCUT2D eigenvalue weighted by atomic mass is 32.1. The molecule has 0 aliphatic carbocycles. The Labute approximate surface area is 94.7 Å². The van der Waals surface area contributed by atoms with Crippen molar-refractivity contribution >= 4 is 11.3 Å². The summed E-state index contributed by atoms with van der Waals surface area (Å²) < 4.78 is 5.36. The summed E-state index contributed by atoms with van der Waals surface area (Å²) in [5, 5.41) is 3.37. The molecule has 0 spiro atoms. The fraction of sp³-hybridized carbons (Fsp3) is 0.727. The minimum atomic E-state index is 0.203. The topological polar surface area (TPSA) is 48.1 Å². The molecule has 1 aromatic heterocycles. The maximum Gasteiger partial charge on any atom is 0.0931 e. The summed E-state index contributed by atoms with van der Waals surface area (Å²) in [5.74, 6) is 0.680. The van der Waals surface area contributed by atoms with Crippen molar-refractivity contribution in [3.8, 4) is 0 Å². The van der Waals surface area contributed by atoms with Gasteiger partial charge in [-0.25, -0.2) is 4.98 Å². The Morgan fingerprint density at radius 2 is 2.60 bits per heavy atom. The zero-order chi connectivity index (χ0) is 10.7. The van der Waals surface area contributed by atoms with E-state index in [1.54, 1.807) is 11.3 Å². The van der Waals surface area contributed by atoms with Gasteiger partial charge in [-0.2, -0.15) is 0 Å². The van der Waals surface area contributed by atoms with Crippen molar-refractivity contribution in [1.82, 2.24) is 4.98 Å². The van der Waals surface area contributed by atoms with Gasteiger partial charge in [0.2, 0.25) is 0 Å². The van der Waals surface area contributed by atoms with Crippen LogP contribution in [0.2, 0.25) is 0 Å². The number of ether oxygens (including phenoxy) is 1. The molecule has 0 saturated carbocycles. The second-order valence-electron chi connectivity index (χ2n) is 4.35. The third-order valence-corrected chi connectivity index (χ3v) is 3.54. The molecule has 1 aromatic rings. The molecular weight excluding hydrogens is 208 g/mol. The highest BCUT2D eigenvalue weighted by molar-refractivity contribution is 7.09. The van der Waals surface area contributed by atoms with Gasteiger partial charge in [-0.3, -0.25) is 0 Å². The summed E-state index contributed by atoms with van der Waals surface area (Å²) in [4.78, 5) is 4.60. The van der Waals surface area contributed by atoms with Crippen LogP contribution in [-0.2, 0) is 17.6 Å². The summed E-state index contributed by atoms with van der Waals surface area (Å²) in [6.45, 7) is 3.84. The van der Waals surface area contributed by atoms with Gasteiger partial charge in [0.25, 0.3) is 0 Å². The van der Waals surface area contributed by atoms with Crippen LogP contribution in [0.25, 0.3) is 0 Å². The lowest BCUT2D eigenvalue weighted by Crippen LogP contribution is -2.18. The molecule has 1 aliphatic rings. The van der Waals surface area contributed by atoms with Crippen molar-refractivity contribution in [3.63, 3.8) is 0 Å². The molecule has 2 N–H and O–H groups in total. The quantitative estimate of drug-likeness (QED) is 0.848. The largest absolute Gasteiger partial charge is 0.381 e. The molecule has 84 valence electrons. The van der Waals surface area contributed by atoms with Crippen LogP contribution in [0.15, 0.2) is 5.38 Å². The molecule has 2 atom stereocenters. The number of nitrogens with zero attached hydrogens (tertiary/aromatic N) is 1. The molecule has 0 amide bonds. The smallest absolute Gasteiger partial charge is 0.0931 e. The summed E-state index contributed by atoms with van der Waals surface area (Å²) in [6.07, 6.45) is 3.14. The number of nitrogens with two attached hydrogens (primary N) is 1. The summed E-state index contributed by atoms with van der Waals surface area (Å²) in [6, 6.07) is 0.203. The normalized spacial score (nSPS) is 23.2. The number of rotatable bonds is 4. The molecule has 4 heteroatoms. The third-order valence-electron chi connectivity index (χ3n) is 2.62. The Kier molecular flexibility index (Phi) is 3.72. The predicted octanol–water partition coefficient (Wildman–Crippen LogP) is 1.61. The molecule has 1 saturated heterocycles. The van der Waals surface area contributed by atoms with Crippen molar-refractivity contribution in [2.75, 3.05) is 13.2 Å². The Bertz CT molecular complexity index is 305. The fourth-order valence-corrected chi connectivity index (χ4v) is 2.78. The van der Waals surface area contributed by atoms with Gasteiger partial charge in [-0.05, 0) is 19.3 Å². The lowest BCUT2D eigenvalue weighted by Gasteiger charge is -2.03. The van der Waals surface area contributed by atoms with Crippen LogP contribution in [0.3, 0.4) is 0 Å². The van der Waals surface area contributed by atoms with E-state index in [2.05, 4.69) is 10.4 Å². The molecule has 1 fully saturated rings. The van der Waals surface area contributed by atoms with E-state index >= 15 is 0 Å². The van der Waals surface area contributed by atoms with Gasteiger partial charge in [-0.1, -0.05) is 0 Å². The van der Waals surface area contributed by atoms with Crippen molar-refractivity contribution in [2.24, 2.45) is 11.7 Å². The summed E-state index contributed by atoms with van der Waals surface area (Å²) in [7, 11) is 0. The van der Waals surface area contributed by atoms with Gasteiger partial charge in [0, 0.05) is 37.5 Å². The first kappa shape index (κ1) is 11.0. The molecular formula is C11H18N2OS. The molecule has 3 nitrogen and oxygen atoms in total. The van der Waals surface area contributed by atoms with E-state index in [0.717, 1.165) is 31.7 Å². The van der Waals surface area contributed by atoms with Crippen molar-refractivity contribution in [1.29, 1.82) is 0 Å². The van der Waals surface area contributed by atoms with E-state index in [1.165, 1.54) is 11.4 Å². The van der Waals surface area contributed by atoms with E-state index in [4.69, 9.17) is 10.5 Å². The van der Waals surface area contributed by atoms with Crippen molar-refractivity contribution in [3.05, 3.63) is 16.1 Å². The molecule has 2 rings (SSSR count). The van der Waals surface area contributed by atoms with E-state index in [1.807, 2.05) is 6.92 Å². The second-order valence-corrected chi connectivity index (χ2v) is 5.29. The summed E-state index contributed by atoms with van der Waals surface area (Å²) in [5.41, 5.74) is 6.88. The average Bonchev–Trinajstić information content (AvgIpc) is 2.77. The maximum absolute atomic E-state index is 5.74. The summed E-state index contributed by atoms with van der Waals surface area (Å²) >= 11 is 1.76. The standard InChI is InChI=1S/C11H18N2OS/c1-8(12)4-10-7-15-11(13-10)5-9-2-3-14-6-9/h7-9H,2-6,12H2,1H3. The van der Waals surface area contributed by atoms with Crippen LogP contribution in [0.4, 0.5) is 0 Å². The Balaban J connectivity index is 1.88. The van der Waals surface area contributed by atoms with Gasteiger partial charge in [-0.15, -0.1) is 11.3 Å². The van der Waals surface area contributed by atoms with Crippen molar-refractivity contribution < 1.29 is 4.74 Å². The minimum absolute atomic E-state index is 0.203. The van der Waals surface area contributed by atoms with Crippen LogP contribution in [0.5, 0.6) is 0 Å². The van der Waals surface area contributed by atoms with Crippen LogP contribution < -0.4 is 5.73 Å². The highest BCUT2D eigenvalue weighted by Crippen LogP contribution is 2.21. The molecule has 15 heavy (non-hydrogen) atoms. The monoisotopic (exact) mass is 226 g/mol. The number of hydrogen-bond acceptors (Lipinski definition) is 4. The average molecular weight is 226 g/mol. The van der Waals surface area contributed by atoms with E-state index < -0.39 is 0 Å². The second kappa shape index (κ2) is 5.05. The number of aromatic nitrogens is 1. The molecule has 0 radical (unpaired) electrons. The SMILES string of the molecule is CC(N)Cc1csc(CC2CCOC2)n1. The van der Waals surface area contributed by atoms with Crippen LogP contribution in [0, 0.1) is 5.92 Å². The van der Waals surface area contributed by atoms with Gasteiger partial charge in [0.15, 0.2) is 0 Å².